The fraction of sp³-hybridized carbons (Fsp3) is 0.320. The van der Waals surface area contributed by atoms with E-state index in [9.17, 15) is 29.1 Å². The van der Waals surface area contributed by atoms with Gasteiger partial charge in [-0.25, -0.2) is 4.79 Å². The highest BCUT2D eigenvalue weighted by Gasteiger charge is 2.31. The molecule has 2 aromatic carbocycles. The van der Waals surface area contributed by atoms with Crippen LogP contribution >= 0.6 is 12.6 Å². The molecule has 0 saturated carbocycles. The van der Waals surface area contributed by atoms with Gasteiger partial charge in [-0.1, -0.05) is 60.7 Å². The number of hydrogen-bond acceptors (Lipinski definition) is 7. The zero-order chi connectivity index (χ0) is 27.4. The van der Waals surface area contributed by atoms with E-state index >= 15 is 0 Å². The van der Waals surface area contributed by atoms with Gasteiger partial charge in [-0.3, -0.25) is 19.2 Å². The Bertz CT molecular complexity index is 1090. The van der Waals surface area contributed by atoms with Crippen molar-refractivity contribution in [1.29, 1.82) is 0 Å². The van der Waals surface area contributed by atoms with Gasteiger partial charge >= 0.3 is 5.97 Å². The van der Waals surface area contributed by atoms with E-state index < -0.39 is 60.2 Å². The topological polar surface area (TPSA) is 194 Å². The molecule has 4 atom stereocenters. The molecule has 0 heterocycles. The minimum absolute atomic E-state index is 0.00618. The van der Waals surface area contributed by atoms with E-state index in [4.69, 9.17) is 11.5 Å². The Morgan fingerprint density at radius 1 is 0.730 bits per heavy atom. The van der Waals surface area contributed by atoms with Crippen LogP contribution in [0, 0.1) is 0 Å². The first-order valence-corrected chi connectivity index (χ1v) is 12.1. The number of nitrogens with two attached hydrogens (primary N) is 2. The van der Waals surface area contributed by atoms with E-state index in [2.05, 4.69) is 28.6 Å². The summed E-state index contributed by atoms with van der Waals surface area (Å²) in [5.41, 5.74) is 12.3. The summed E-state index contributed by atoms with van der Waals surface area (Å²) in [5.74, 6) is -4.46. The Balaban J connectivity index is 2.25. The third-order valence-electron chi connectivity index (χ3n) is 5.38. The molecule has 0 aromatic heterocycles. The molecule has 0 spiro atoms. The predicted molar refractivity (Wildman–Crippen MR) is 139 cm³/mol. The van der Waals surface area contributed by atoms with Crippen molar-refractivity contribution in [3.8, 4) is 0 Å². The van der Waals surface area contributed by atoms with Crippen molar-refractivity contribution >= 4 is 42.2 Å². The highest BCUT2D eigenvalue weighted by molar-refractivity contribution is 7.80. The third kappa shape index (κ3) is 9.94. The minimum Gasteiger partial charge on any atom is -0.480 e. The van der Waals surface area contributed by atoms with E-state index in [1.165, 1.54) is 0 Å². The predicted octanol–water partition coefficient (Wildman–Crippen LogP) is -0.857. The lowest BCUT2D eigenvalue weighted by molar-refractivity contribution is -0.142. The molecule has 0 saturated heterocycles. The van der Waals surface area contributed by atoms with Crippen LogP contribution in [-0.4, -0.2) is 64.6 Å². The van der Waals surface area contributed by atoms with Crippen LogP contribution in [0.5, 0.6) is 0 Å². The molecule has 198 valence electrons. The van der Waals surface area contributed by atoms with E-state index in [1.807, 2.05) is 0 Å². The number of rotatable bonds is 14. The Morgan fingerprint density at radius 3 is 1.62 bits per heavy atom. The second kappa shape index (κ2) is 14.6. The zero-order valence-corrected chi connectivity index (χ0v) is 20.9. The van der Waals surface area contributed by atoms with Crippen LogP contribution in [0.4, 0.5) is 0 Å². The fourth-order valence-corrected chi connectivity index (χ4v) is 3.59. The average molecular weight is 530 g/mol. The minimum atomic E-state index is -1.40. The molecule has 37 heavy (non-hydrogen) atoms. The number of hydrogen-bond donors (Lipinski definition) is 7. The Kier molecular flexibility index (Phi) is 11.6. The summed E-state index contributed by atoms with van der Waals surface area (Å²) < 4.78 is 0. The van der Waals surface area contributed by atoms with E-state index in [-0.39, 0.29) is 18.6 Å². The van der Waals surface area contributed by atoms with Crippen molar-refractivity contribution in [2.75, 3.05) is 5.75 Å². The van der Waals surface area contributed by atoms with Crippen LogP contribution in [0.25, 0.3) is 0 Å². The van der Waals surface area contributed by atoms with Gasteiger partial charge in [0.05, 0.1) is 12.5 Å². The molecular formula is C25H31N5O6S. The van der Waals surface area contributed by atoms with Gasteiger partial charge in [0.25, 0.3) is 0 Å². The van der Waals surface area contributed by atoms with E-state index in [1.54, 1.807) is 60.7 Å². The molecule has 0 bridgehead atoms. The number of thiol groups is 1. The molecule has 4 unspecified atom stereocenters. The number of aliphatic carboxylic acids is 1. The van der Waals surface area contributed by atoms with E-state index in [0.717, 1.165) is 0 Å². The van der Waals surface area contributed by atoms with Crippen molar-refractivity contribution in [3.05, 3.63) is 71.8 Å². The number of carboxylic acid groups (broad SMARTS) is 1. The first kappa shape index (κ1) is 29.3. The number of carbonyl (C=O) groups excluding carboxylic acids is 4. The van der Waals surface area contributed by atoms with Crippen LogP contribution in [0.2, 0.25) is 0 Å². The monoisotopic (exact) mass is 529 g/mol. The van der Waals surface area contributed by atoms with Gasteiger partial charge in [0.2, 0.25) is 23.6 Å². The zero-order valence-electron chi connectivity index (χ0n) is 20.0. The summed E-state index contributed by atoms with van der Waals surface area (Å²) in [6.45, 7) is 0. The van der Waals surface area contributed by atoms with E-state index in [0.29, 0.717) is 11.1 Å². The molecule has 2 rings (SSSR count). The summed E-state index contributed by atoms with van der Waals surface area (Å²) in [6, 6.07) is 12.6. The van der Waals surface area contributed by atoms with Gasteiger partial charge in [-0.2, -0.15) is 12.6 Å². The van der Waals surface area contributed by atoms with Crippen molar-refractivity contribution in [2.45, 2.75) is 43.4 Å². The molecule has 2 aromatic rings. The maximum absolute atomic E-state index is 13.2. The quantitative estimate of drug-likeness (QED) is 0.155. The second-order valence-electron chi connectivity index (χ2n) is 8.36. The van der Waals surface area contributed by atoms with Gasteiger partial charge < -0.3 is 32.5 Å². The number of nitrogens with one attached hydrogen (secondary N) is 3. The number of carboxylic acids is 1. The highest BCUT2D eigenvalue weighted by Crippen LogP contribution is 2.08. The second-order valence-corrected chi connectivity index (χ2v) is 8.73. The third-order valence-corrected chi connectivity index (χ3v) is 5.78. The summed E-state index contributed by atoms with van der Waals surface area (Å²) in [5, 5.41) is 17.0. The number of primary amides is 1. The standard InChI is InChI=1S/C25H31N5O6S/c26-17(14-37)22(32)28-19(13-21(27)31)24(34)29-18(11-15-7-3-1-4-8-15)23(33)30-20(25(35)36)12-16-9-5-2-6-10-16/h1-10,17-20,37H,11-14,26H2,(H2,27,31)(H,28,32)(H,29,34)(H,30,33)(H,35,36). The molecule has 0 aliphatic carbocycles. The molecule has 0 fully saturated rings. The number of carbonyl (C=O) groups is 5. The van der Waals surface area contributed by atoms with Gasteiger partial charge in [0.1, 0.15) is 18.1 Å². The molecule has 12 heteroatoms. The lowest BCUT2D eigenvalue weighted by atomic mass is 10.0. The van der Waals surface area contributed by atoms with Gasteiger partial charge in [0.15, 0.2) is 0 Å². The summed E-state index contributed by atoms with van der Waals surface area (Å²) in [6.07, 6.45) is -0.498. The lowest BCUT2D eigenvalue weighted by Gasteiger charge is -2.25. The molecule has 0 radical (unpaired) electrons. The number of amides is 4. The molecule has 0 aliphatic rings. The van der Waals surface area contributed by atoms with Crippen LogP contribution in [-0.2, 0) is 36.8 Å². The first-order chi connectivity index (χ1) is 17.6. The van der Waals surface area contributed by atoms with Crippen LogP contribution < -0.4 is 27.4 Å². The van der Waals surface area contributed by atoms with Crippen molar-refractivity contribution < 1.29 is 29.1 Å². The maximum Gasteiger partial charge on any atom is 0.326 e. The van der Waals surface area contributed by atoms with Crippen LogP contribution in [0.1, 0.15) is 17.5 Å². The molecule has 4 amide bonds. The number of benzene rings is 2. The first-order valence-electron chi connectivity index (χ1n) is 11.5. The van der Waals surface area contributed by atoms with Crippen molar-refractivity contribution in [1.82, 2.24) is 16.0 Å². The summed E-state index contributed by atoms with van der Waals surface area (Å²) in [4.78, 5) is 61.9. The summed E-state index contributed by atoms with van der Waals surface area (Å²) >= 11 is 3.94. The van der Waals surface area contributed by atoms with Crippen LogP contribution in [0.15, 0.2) is 60.7 Å². The van der Waals surface area contributed by atoms with Crippen molar-refractivity contribution in [2.24, 2.45) is 11.5 Å². The SMILES string of the molecule is NC(=O)CC(NC(=O)C(N)CS)C(=O)NC(Cc1ccccc1)C(=O)NC(Cc1ccccc1)C(=O)O. The van der Waals surface area contributed by atoms with Gasteiger partial charge in [0, 0.05) is 18.6 Å². The molecule has 8 N–H and O–H groups in total. The Labute approximate surface area is 219 Å². The fourth-order valence-electron chi connectivity index (χ4n) is 3.43. The van der Waals surface area contributed by atoms with Gasteiger partial charge in [-0.15, -0.1) is 0 Å². The Morgan fingerprint density at radius 2 is 1.16 bits per heavy atom. The van der Waals surface area contributed by atoms with Gasteiger partial charge in [-0.05, 0) is 11.1 Å². The molecular weight excluding hydrogens is 498 g/mol. The smallest absolute Gasteiger partial charge is 0.326 e. The largest absolute Gasteiger partial charge is 0.480 e. The highest BCUT2D eigenvalue weighted by atomic mass is 32.1. The molecule has 0 aliphatic heterocycles. The average Bonchev–Trinajstić information content (AvgIpc) is 2.87. The lowest BCUT2D eigenvalue weighted by Crippen LogP contribution is -2.58. The van der Waals surface area contributed by atoms with Crippen molar-refractivity contribution in [3.63, 3.8) is 0 Å². The summed E-state index contributed by atoms with van der Waals surface area (Å²) in [7, 11) is 0. The maximum atomic E-state index is 13.2. The van der Waals surface area contributed by atoms with Crippen LogP contribution in [0.3, 0.4) is 0 Å². The normalized spacial score (nSPS) is 13.9. The molecule has 11 nitrogen and oxygen atoms in total. The Hall–Kier alpha value is -3.90.